The van der Waals surface area contributed by atoms with E-state index < -0.39 is 35.8 Å². The number of rotatable bonds is 3. The van der Waals surface area contributed by atoms with Crippen LogP contribution in [0.15, 0.2) is 18.3 Å². The Labute approximate surface area is 195 Å². The predicted molar refractivity (Wildman–Crippen MR) is 115 cm³/mol. The van der Waals surface area contributed by atoms with Gasteiger partial charge in [-0.05, 0) is 49.1 Å². The number of pyridine rings is 1. The summed E-state index contributed by atoms with van der Waals surface area (Å²) in [5, 5.41) is 14.2. The van der Waals surface area contributed by atoms with Crippen molar-refractivity contribution in [2.24, 2.45) is 17.3 Å². The normalized spacial score (nSPS) is 25.6. The molecule has 0 aromatic carbocycles. The smallest absolute Gasteiger partial charge is 0.356 e. The Kier molecular flexibility index (Phi) is 7.19. The second kappa shape index (κ2) is 9.60. The minimum absolute atomic E-state index is 0.0868. The van der Waals surface area contributed by atoms with Gasteiger partial charge in [0.15, 0.2) is 0 Å². The topological polar surface area (TPSA) is 115 Å². The number of halogens is 3. The molecular formula is C23H28F3N5O3. The van der Waals surface area contributed by atoms with E-state index in [2.05, 4.69) is 15.6 Å². The zero-order valence-electron chi connectivity index (χ0n) is 19.3. The number of fused-ring (bicyclic) bond motifs is 1. The van der Waals surface area contributed by atoms with E-state index in [-0.39, 0.29) is 28.7 Å². The summed E-state index contributed by atoms with van der Waals surface area (Å²) in [5.41, 5.74) is -1.45. The average Bonchev–Trinajstić information content (AvgIpc) is 3.12. The number of hydrogen-bond acceptors (Lipinski definition) is 5. The van der Waals surface area contributed by atoms with Crippen molar-refractivity contribution in [2.75, 3.05) is 13.1 Å². The van der Waals surface area contributed by atoms with Gasteiger partial charge in [0, 0.05) is 31.3 Å². The van der Waals surface area contributed by atoms with Gasteiger partial charge in [0.1, 0.15) is 17.8 Å². The monoisotopic (exact) mass is 479 g/mol. The van der Waals surface area contributed by atoms with E-state index in [1.807, 2.05) is 19.9 Å². The molecule has 4 atom stereocenters. The van der Waals surface area contributed by atoms with Crippen molar-refractivity contribution in [3.05, 3.63) is 29.6 Å². The molecule has 3 heterocycles. The van der Waals surface area contributed by atoms with Gasteiger partial charge in [-0.2, -0.15) is 18.4 Å². The Morgan fingerprint density at radius 3 is 2.59 bits per heavy atom. The number of amides is 3. The highest BCUT2D eigenvalue weighted by Gasteiger charge is 2.69. The first kappa shape index (κ1) is 25.5. The first-order valence-corrected chi connectivity index (χ1v) is 11.2. The molecule has 1 saturated carbocycles. The molecule has 2 saturated heterocycles. The summed E-state index contributed by atoms with van der Waals surface area (Å²) in [6, 6.07) is 2.27. The molecule has 4 unspecified atom stereocenters. The number of nitriles is 1. The van der Waals surface area contributed by atoms with Crippen LogP contribution in [0.3, 0.4) is 0 Å². The fourth-order valence-electron chi connectivity index (χ4n) is 4.74. The van der Waals surface area contributed by atoms with Gasteiger partial charge in [-0.1, -0.05) is 13.8 Å². The number of likely N-dealkylation sites (tertiary alicyclic amines) is 1. The summed E-state index contributed by atoms with van der Waals surface area (Å²) in [5.74, 6) is -0.878. The predicted octanol–water partition coefficient (Wildman–Crippen LogP) is 2.51. The largest absolute Gasteiger partial charge is 0.433 e. The van der Waals surface area contributed by atoms with Crippen LogP contribution in [0.25, 0.3) is 0 Å². The quantitative estimate of drug-likeness (QED) is 0.691. The van der Waals surface area contributed by atoms with Crippen molar-refractivity contribution in [1.29, 1.82) is 5.26 Å². The van der Waals surface area contributed by atoms with E-state index in [9.17, 15) is 27.6 Å². The lowest BCUT2D eigenvalue weighted by Gasteiger charge is -2.30. The fraction of sp³-hybridized carbons (Fsp3) is 0.609. The Morgan fingerprint density at radius 1 is 1.35 bits per heavy atom. The minimum Gasteiger partial charge on any atom is -0.356 e. The molecule has 1 aromatic rings. The highest BCUT2D eigenvalue weighted by Crippen LogP contribution is 2.65. The molecule has 8 nitrogen and oxygen atoms in total. The third kappa shape index (κ3) is 5.32. The van der Waals surface area contributed by atoms with E-state index in [4.69, 9.17) is 5.26 Å². The molecule has 3 aliphatic rings. The van der Waals surface area contributed by atoms with Crippen LogP contribution in [-0.4, -0.2) is 52.8 Å². The van der Waals surface area contributed by atoms with Crippen molar-refractivity contribution < 1.29 is 27.6 Å². The maximum absolute atomic E-state index is 12.9. The standard InChI is InChI=1S/C18H19F3N4O2.C5H9NO/c1-9(7-22)24-15(26)14-13-11(17(13,2)3)8-25(14)16(27)10-4-5-23-12(6-10)18(19,20)21;7-5-3-1-2-4-6-5/h4-6,9,11,13-14H,8H2,1-3H3,(H,24,26);1-4H2,(H,6,7). The molecule has 0 spiro atoms. The molecule has 2 N–H and O–H groups in total. The van der Waals surface area contributed by atoms with E-state index in [0.717, 1.165) is 32.0 Å². The van der Waals surface area contributed by atoms with Gasteiger partial charge in [-0.3, -0.25) is 19.4 Å². The summed E-state index contributed by atoms with van der Waals surface area (Å²) in [4.78, 5) is 40.4. The minimum atomic E-state index is -4.66. The lowest BCUT2D eigenvalue weighted by Crippen LogP contribution is -2.51. The van der Waals surface area contributed by atoms with Gasteiger partial charge >= 0.3 is 6.18 Å². The molecule has 2 aliphatic heterocycles. The average molecular weight is 480 g/mol. The molecule has 11 heteroatoms. The number of nitrogens with one attached hydrogen (secondary N) is 2. The van der Waals surface area contributed by atoms with Gasteiger partial charge in [-0.15, -0.1) is 0 Å². The Morgan fingerprint density at radius 2 is 2.06 bits per heavy atom. The summed E-state index contributed by atoms with van der Waals surface area (Å²) >= 11 is 0. The van der Waals surface area contributed by atoms with Crippen LogP contribution in [-0.2, 0) is 15.8 Å². The van der Waals surface area contributed by atoms with Crippen LogP contribution in [0.5, 0.6) is 0 Å². The second-order valence-corrected chi connectivity index (χ2v) is 9.45. The molecule has 4 rings (SSSR count). The first-order valence-electron chi connectivity index (χ1n) is 11.2. The van der Waals surface area contributed by atoms with Crippen LogP contribution >= 0.6 is 0 Å². The maximum atomic E-state index is 12.9. The molecule has 0 radical (unpaired) electrons. The number of carbonyl (C=O) groups is 3. The fourth-order valence-corrected chi connectivity index (χ4v) is 4.74. The van der Waals surface area contributed by atoms with Gasteiger partial charge in [0.25, 0.3) is 5.91 Å². The lowest BCUT2D eigenvalue weighted by molar-refractivity contribution is -0.141. The molecule has 34 heavy (non-hydrogen) atoms. The number of piperidine rings is 2. The molecule has 184 valence electrons. The van der Waals surface area contributed by atoms with E-state index >= 15 is 0 Å². The van der Waals surface area contributed by atoms with Gasteiger partial charge in [0.05, 0.1) is 6.07 Å². The number of carbonyl (C=O) groups excluding carboxylic acids is 3. The summed E-state index contributed by atoms with van der Waals surface area (Å²) in [7, 11) is 0. The Bertz CT molecular complexity index is 996. The second-order valence-electron chi connectivity index (χ2n) is 9.45. The van der Waals surface area contributed by atoms with Crippen molar-refractivity contribution in [3.63, 3.8) is 0 Å². The number of alkyl halides is 3. The summed E-state index contributed by atoms with van der Waals surface area (Å²) in [6.07, 6.45) is -0.758. The number of hydrogen-bond donors (Lipinski definition) is 2. The highest BCUT2D eigenvalue weighted by molar-refractivity contribution is 5.98. The zero-order chi connectivity index (χ0) is 25.3. The van der Waals surface area contributed by atoms with Crippen LogP contribution in [0.4, 0.5) is 13.2 Å². The van der Waals surface area contributed by atoms with Crippen molar-refractivity contribution in [2.45, 2.75) is 58.3 Å². The van der Waals surface area contributed by atoms with Gasteiger partial charge < -0.3 is 15.5 Å². The molecule has 1 aliphatic carbocycles. The third-order valence-corrected chi connectivity index (χ3v) is 6.74. The zero-order valence-corrected chi connectivity index (χ0v) is 19.3. The summed E-state index contributed by atoms with van der Waals surface area (Å²) < 4.78 is 38.7. The third-order valence-electron chi connectivity index (χ3n) is 6.74. The van der Waals surface area contributed by atoms with Crippen molar-refractivity contribution >= 4 is 17.7 Å². The molecule has 3 amide bonds. The Balaban J connectivity index is 0.000000396. The number of nitrogens with zero attached hydrogens (tertiary/aromatic N) is 3. The van der Waals surface area contributed by atoms with Crippen molar-refractivity contribution in [1.82, 2.24) is 20.5 Å². The SMILES string of the molecule is CC(C#N)NC(=O)C1C2C(CN1C(=O)c1ccnc(C(F)(F)F)c1)C2(C)C.O=C1CCCCN1. The van der Waals surface area contributed by atoms with E-state index in [0.29, 0.717) is 12.6 Å². The number of aromatic nitrogens is 1. The molecular weight excluding hydrogens is 451 g/mol. The Hall–Kier alpha value is -3.16. The summed E-state index contributed by atoms with van der Waals surface area (Å²) in [6.45, 7) is 6.68. The van der Waals surface area contributed by atoms with Crippen LogP contribution in [0.1, 0.15) is 56.1 Å². The molecule has 0 bridgehead atoms. The van der Waals surface area contributed by atoms with Gasteiger partial charge in [-0.25, -0.2) is 0 Å². The van der Waals surface area contributed by atoms with E-state index in [1.54, 1.807) is 0 Å². The molecule has 3 fully saturated rings. The maximum Gasteiger partial charge on any atom is 0.433 e. The van der Waals surface area contributed by atoms with Crippen molar-refractivity contribution in [3.8, 4) is 6.07 Å². The highest BCUT2D eigenvalue weighted by atomic mass is 19.4. The van der Waals surface area contributed by atoms with Crippen LogP contribution in [0, 0.1) is 28.6 Å². The van der Waals surface area contributed by atoms with E-state index in [1.165, 1.54) is 17.9 Å². The van der Waals surface area contributed by atoms with Crippen LogP contribution in [0.2, 0.25) is 0 Å². The van der Waals surface area contributed by atoms with Gasteiger partial charge in [0.2, 0.25) is 11.8 Å². The molecule has 1 aromatic heterocycles. The lowest BCUT2D eigenvalue weighted by atomic mass is 9.99. The van der Waals surface area contributed by atoms with Crippen LogP contribution < -0.4 is 10.6 Å². The first-order chi connectivity index (χ1) is 15.9.